The van der Waals surface area contributed by atoms with E-state index in [1.807, 2.05) is 13.0 Å². The second-order valence-corrected chi connectivity index (χ2v) is 4.25. The first-order valence-electron chi connectivity index (χ1n) is 6.30. The first-order chi connectivity index (χ1) is 8.65. The Bertz CT molecular complexity index is 391. The lowest BCUT2D eigenvalue weighted by atomic mass is 10.1. The van der Waals surface area contributed by atoms with E-state index >= 15 is 0 Å². The Morgan fingerprint density at radius 3 is 2.83 bits per heavy atom. The molecule has 1 aromatic rings. The van der Waals surface area contributed by atoms with Crippen LogP contribution < -0.4 is 5.32 Å². The lowest BCUT2D eigenvalue weighted by molar-refractivity contribution is 0.0698. The van der Waals surface area contributed by atoms with Crippen molar-refractivity contribution in [3.63, 3.8) is 0 Å². The van der Waals surface area contributed by atoms with Gasteiger partial charge in [0.15, 0.2) is 0 Å². The zero-order valence-corrected chi connectivity index (χ0v) is 11.0. The molecular weight excluding hydrogens is 230 g/mol. The van der Waals surface area contributed by atoms with Gasteiger partial charge in [0.2, 0.25) is 0 Å². The molecule has 18 heavy (non-hydrogen) atoms. The molecule has 0 amide bonds. The third kappa shape index (κ3) is 4.75. The number of hydrogen-bond acceptors (Lipinski definition) is 3. The predicted octanol–water partition coefficient (Wildman–Crippen LogP) is 2.92. The highest BCUT2D eigenvalue weighted by molar-refractivity contribution is 5.94. The van der Waals surface area contributed by atoms with Gasteiger partial charge in [0.1, 0.15) is 0 Å². The minimum Gasteiger partial charge on any atom is -0.478 e. The number of aromatic carboxylic acids is 1. The maximum absolute atomic E-state index is 11.0. The smallest absolute Gasteiger partial charge is 0.337 e. The number of nitrogens with one attached hydrogen (secondary N) is 1. The number of benzene rings is 1. The molecule has 0 aliphatic heterocycles. The van der Waals surface area contributed by atoms with E-state index in [0.29, 0.717) is 24.4 Å². The van der Waals surface area contributed by atoms with Gasteiger partial charge in [0.05, 0.1) is 12.2 Å². The zero-order valence-electron chi connectivity index (χ0n) is 11.0. The van der Waals surface area contributed by atoms with Crippen molar-refractivity contribution < 1.29 is 14.6 Å². The zero-order chi connectivity index (χ0) is 13.4. The molecule has 0 saturated heterocycles. The van der Waals surface area contributed by atoms with E-state index in [-0.39, 0.29) is 0 Å². The van der Waals surface area contributed by atoms with Crippen LogP contribution in [0.4, 0.5) is 5.69 Å². The minimum absolute atomic E-state index is 0.300. The standard InChI is InChI=1S/C14H21NO3/c1-3-4-8-18-9-7-15-13-10-11(2)5-6-12(13)14(16)17/h5-6,10,15H,3-4,7-9H2,1-2H3,(H,16,17). The van der Waals surface area contributed by atoms with Gasteiger partial charge >= 0.3 is 5.97 Å². The summed E-state index contributed by atoms with van der Waals surface area (Å²) in [4.78, 5) is 11.0. The molecule has 100 valence electrons. The maximum Gasteiger partial charge on any atom is 0.337 e. The molecule has 0 aromatic heterocycles. The van der Waals surface area contributed by atoms with Gasteiger partial charge in [0.25, 0.3) is 0 Å². The molecule has 0 atom stereocenters. The van der Waals surface area contributed by atoms with E-state index in [1.54, 1.807) is 12.1 Å². The van der Waals surface area contributed by atoms with Crippen LogP contribution in [-0.4, -0.2) is 30.8 Å². The number of carboxylic acid groups (broad SMARTS) is 1. The summed E-state index contributed by atoms with van der Waals surface area (Å²) in [7, 11) is 0. The van der Waals surface area contributed by atoms with Crippen molar-refractivity contribution in [1.82, 2.24) is 0 Å². The van der Waals surface area contributed by atoms with Crippen LogP contribution in [0.25, 0.3) is 0 Å². The Hall–Kier alpha value is -1.55. The van der Waals surface area contributed by atoms with Crippen LogP contribution in [-0.2, 0) is 4.74 Å². The molecule has 0 aliphatic carbocycles. The largest absolute Gasteiger partial charge is 0.478 e. The molecule has 0 aliphatic rings. The Balaban J connectivity index is 2.45. The number of hydrogen-bond donors (Lipinski definition) is 2. The normalized spacial score (nSPS) is 10.3. The van der Waals surface area contributed by atoms with Crippen molar-refractivity contribution >= 4 is 11.7 Å². The van der Waals surface area contributed by atoms with Crippen LogP contribution in [0.3, 0.4) is 0 Å². The number of unbranched alkanes of at least 4 members (excludes halogenated alkanes) is 1. The molecule has 1 rings (SSSR count). The average molecular weight is 251 g/mol. The molecule has 2 N–H and O–H groups in total. The van der Waals surface area contributed by atoms with Gasteiger partial charge in [-0.15, -0.1) is 0 Å². The Morgan fingerprint density at radius 1 is 1.39 bits per heavy atom. The quantitative estimate of drug-likeness (QED) is 0.697. The summed E-state index contributed by atoms with van der Waals surface area (Å²) in [5, 5.41) is 12.2. The van der Waals surface area contributed by atoms with E-state index in [9.17, 15) is 4.79 Å². The van der Waals surface area contributed by atoms with Gasteiger partial charge in [0, 0.05) is 18.8 Å². The van der Waals surface area contributed by atoms with Gasteiger partial charge in [-0.3, -0.25) is 0 Å². The topological polar surface area (TPSA) is 58.6 Å². The lowest BCUT2D eigenvalue weighted by Crippen LogP contribution is -2.13. The second kappa shape index (κ2) is 7.71. The summed E-state index contributed by atoms with van der Waals surface area (Å²) in [6, 6.07) is 5.26. The molecule has 0 unspecified atom stereocenters. The SMILES string of the molecule is CCCCOCCNc1cc(C)ccc1C(=O)O. The van der Waals surface area contributed by atoms with Crippen LogP contribution in [0.15, 0.2) is 18.2 Å². The van der Waals surface area contributed by atoms with E-state index in [0.717, 1.165) is 25.0 Å². The van der Waals surface area contributed by atoms with E-state index < -0.39 is 5.97 Å². The molecule has 0 radical (unpaired) electrons. The van der Waals surface area contributed by atoms with Gasteiger partial charge in [-0.1, -0.05) is 19.4 Å². The van der Waals surface area contributed by atoms with Crippen molar-refractivity contribution in [2.24, 2.45) is 0 Å². The fourth-order valence-electron chi connectivity index (χ4n) is 1.60. The Morgan fingerprint density at radius 2 is 2.17 bits per heavy atom. The third-order valence-electron chi connectivity index (χ3n) is 2.61. The number of ether oxygens (including phenoxy) is 1. The molecule has 0 heterocycles. The first kappa shape index (κ1) is 14.5. The molecule has 0 bridgehead atoms. The van der Waals surface area contributed by atoms with Crippen molar-refractivity contribution in [2.45, 2.75) is 26.7 Å². The van der Waals surface area contributed by atoms with Gasteiger partial charge in [-0.2, -0.15) is 0 Å². The molecule has 0 spiro atoms. The molecule has 4 nitrogen and oxygen atoms in total. The highest BCUT2D eigenvalue weighted by Gasteiger charge is 2.09. The molecular formula is C14H21NO3. The van der Waals surface area contributed by atoms with Gasteiger partial charge < -0.3 is 15.2 Å². The summed E-state index contributed by atoms with van der Waals surface area (Å²) in [5.41, 5.74) is 1.99. The van der Waals surface area contributed by atoms with E-state index in [4.69, 9.17) is 9.84 Å². The van der Waals surface area contributed by atoms with Gasteiger partial charge in [-0.25, -0.2) is 4.79 Å². The number of anilines is 1. The molecule has 0 fully saturated rings. The van der Waals surface area contributed by atoms with Crippen molar-refractivity contribution in [3.8, 4) is 0 Å². The predicted molar refractivity (Wildman–Crippen MR) is 72.4 cm³/mol. The Kier molecular flexibility index (Phi) is 6.22. The Labute approximate surface area is 108 Å². The molecule has 0 saturated carbocycles. The first-order valence-corrected chi connectivity index (χ1v) is 6.30. The second-order valence-electron chi connectivity index (χ2n) is 4.25. The van der Waals surface area contributed by atoms with Gasteiger partial charge in [-0.05, 0) is 31.0 Å². The van der Waals surface area contributed by atoms with Crippen LogP contribution in [0.5, 0.6) is 0 Å². The van der Waals surface area contributed by atoms with Crippen LogP contribution in [0.2, 0.25) is 0 Å². The molecule has 4 heteroatoms. The van der Waals surface area contributed by atoms with Crippen LogP contribution >= 0.6 is 0 Å². The number of carboxylic acids is 1. The van der Waals surface area contributed by atoms with E-state index in [2.05, 4.69) is 12.2 Å². The van der Waals surface area contributed by atoms with Crippen molar-refractivity contribution in [2.75, 3.05) is 25.1 Å². The highest BCUT2D eigenvalue weighted by atomic mass is 16.5. The lowest BCUT2D eigenvalue weighted by Gasteiger charge is -2.10. The van der Waals surface area contributed by atoms with E-state index in [1.165, 1.54) is 0 Å². The summed E-state index contributed by atoms with van der Waals surface area (Å²) in [6.07, 6.45) is 2.18. The van der Waals surface area contributed by atoms with Crippen molar-refractivity contribution in [3.05, 3.63) is 29.3 Å². The summed E-state index contributed by atoms with van der Waals surface area (Å²) < 4.78 is 5.42. The average Bonchev–Trinajstić information content (AvgIpc) is 2.33. The molecule has 1 aromatic carbocycles. The number of rotatable bonds is 8. The highest BCUT2D eigenvalue weighted by Crippen LogP contribution is 2.17. The minimum atomic E-state index is -0.913. The monoisotopic (exact) mass is 251 g/mol. The van der Waals surface area contributed by atoms with Crippen LogP contribution in [0.1, 0.15) is 35.7 Å². The maximum atomic E-state index is 11.0. The fraction of sp³-hybridized carbons (Fsp3) is 0.500. The number of carbonyl (C=O) groups is 1. The van der Waals surface area contributed by atoms with Crippen molar-refractivity contribution in [1.29, 1.82) is 0 Å². The van der Waals surface area contributed by atoms with Crippen LogP contribution in [0, 0.1) is 6.92 Å². The summed E-state index contributed by atoms with van der Waals surface area (Å²) >= 11 is 0. The third-order valence-corrected chi connectivity index (χ3v) is 2.61. The fourth-order valence-corrected chi connectivity index (χ4v) is 1.60. The summed E-state index contributed by atoms with van der Waals surface area (Å²) in [5.74, 6) is -0.913. The summed E-state index contributed by atoms with van der Waals surface area (Å²) in [6.45, 7) is 6.03. The number of aryl methyl sites for hydroxylation is 1.